The Labute approximate surface area is 201 Å². The van der Waals surface area contributed by atoms with Crippen molar-refractivity contribution in [2.24, 2.45) is 4.99 Å². The Balaban J connectivity index is 1.36. The van der Waals surface area contributed by atoms with Crippen LogP contribution in [0.15, 0.2) is 35.3 Å². The first-order valence-corrected chi connectivity index (χ1v) is 11.8. The summed E-state index contributed by atoms with van der Waals surface area (Å²) in [5, 5.41) is 40.5. The van der Waals surface area contributed by atoms with Crippen molar-refractivity contribution in [3.8, 4) is 5.75 Å². The molecule has 0 unspecified atom stereocenters. The van der Waals surface area contributed by atoms with Gasteiger partial charge in [0, 0.05) is 37.6 Å². The molecule has 10 nitrogen and oxygen atoms in total. The minimum atomic E-state index is -1.70. The molecule has 2 saturated heterocycles. The summed E-state index contributed by atoms with van der Waals surface area (Å²) in [6.07, 6.45) is -1.66. The maximum atomic E-state index is 11.4. The predicted molar refractivity (Wildman–Crippen MR) is 122 cm³/mol. The molecule has 4 aliphatic rings. The molecular weight excluding hydrogens is 466 g/mol. The summed E-state index contributed by atoms with van der Waals surface area (Å²) in [4.78, 5) is 20.4. The van der Waals surface area contributed by atoms with Gasteiger partial charge in [-0.2, -0.15) is 0 Å². The Morgan fingerprint density at radius 2 is 1.76 bits per heavy atom. The Morgan fingerprint density at radius 3 is 2.50 bits per heavy atom. The van der Waals surface area contributed by atoms with Crippen molar-refractivity contribution in [3.05, 3.63) is 40.9 Å². The molecule has 34 heavy (non-hydrogen) atoms. The molecule has 0 saturated carbocycles. The number of carboxylic acids is 1. The minimum Gasteiger partial charge on any atom is -0.487 e. The Kier molecular flexibility index (Phi) is 6.54. The SMILES string of the molecule is O=C(O)[C@H]1O[C@@H](N2CCN(C3=N[C@@H]4CC=CC[C@H]4Oc4ccc(Cl)cc43)CC2)[C@H](O)[C@@H](O)[C@@H]1O. The van der Waals surface area contributed by atoms with Crippen molar-refractivity contribution in [2.45, 2.75) is 55.6 Å². The lowest BCUT2D eigenvalue weighted by Gasteiger charge is -2.46. The van der Waals surface area contributed by atoms with E-state index in [1.807, 2.05) is 12.1 Å². The monoisotopic (exact) mass is 493 g/mol. The van der Waals surface area contributed by atoms with Gasteiger partial charge in [-0.05, 0) is 24.6 Å². The van der Waals surface area contributed by atoms with E-state index in [0.717, 1.165) is 30.0 Å². The highest BCUT2D eigenvalue weighted by molar-refractivity contribution is 6.31. The van der Waals surface area contributed by atoms with Gasteiger partial charge in [0.1, 0.15) is 42.2 Å². The lowest BCUT2D eigenvalue weighted by Crippen LogP contribution is -2.66. The number of hydrogen-bond donors (Lipinski definition) is 4. The Morgan fingerprint density at radius 1 is 1.03 bits per heavy atom. The number of amidine groups is 1. The second kappa shape index (κ2) is 9.44. The zero-order valence-electron chi connectivity index (χ0n) is 18.4. The van der Waals surface area contributed by atoms with E-state index in [-0.39, 0.29) is 12.1 Å². The first kappa shape index (κ1) is 23.5. The van der Waals surface area contributed by atoms with Gasteiger partial charge in [-0.1, -0.05) is 23.8 Å². The molecule has 11 heteroatoms. The number of aliphatic imine (C=N–C) groups is 1. The number of benzene rings is 1. The highest BCUT2D eigenvalue weighted by Crippen LogP contribution is 2.33. The second-order valence-electron chi connectivity index (χ2n) is 9.04. The topological polar surface area (TPSA) is 135 Å². The molecule has 0 spiro atoms. The maximum Gasteiger partial charge on any atom is 0.335 e. The number of hydrogen-bond acceptors (Lipinski definition) is 9. The summed E-state index contributed by atoms with van der Waals surface area (Å²) in [6.45, 7) is 1.92. The van der Waals surface area contributed by atoms with Crippen molar-refractivity contribution >= 4 is 23.4 Å². The molecular formula is C23H28ClN3O7. The average Bonchev–Trinajstić information content (AvgIpc) is 2.99. The molecule has 0 radical (unpaired) electrons. The fourth-order valence-electron chi connectivity index (χ4n) is 5.01. The molecule has 0 bridgehead atoms. The molecule has 7 atom stereocenters. The molecule has 3 heterocycles. The number of aliphatic carboxylic acids is 1. The van der Waals surface area contributed by atoms with Gasteiger partial charge >= 0.3 is 5.97 Å². The number of carbonyl (C=O) groups is 1. The fraction of sp³-hybridized carbons (Fsp3) is 0.565. The predicted octanol–water partition coefficient (Wildman–Crippen LogP) is 0.0760. The van der Waals surface area contributed by atoms with Crippen molar-refractivity contribution < 1.29 is 34.7 Å². The van der Waals surface area contributed by atoms with Crippen LogP contribution < -0.4 is 4.74 Å². The van der Waals surface area contributed by atoms with Crippen molar-refractivity contribution in [2.75, 3.05) is 26.2 Å². The first-order valence-electron chi connectivity index (χ1n) is 11.4. The summed E-state index contributed by atoms with van der Waals surface area (Å²) in [6, 6.07) is 5.52. The van der Waals surface area contributed by atoms with Gasteiger partial charge in [-0.25, -0.2) is 4.79 Å². The molecule has 5 rings (SSSR count). The maximum absolute atomic E-state index is 11.4. The van der Waals surface area contributed by atoms with Gasteiger partial charge in [0.25, 0.3) is 0 Å². The van der Waals surface area contributed by atoms with Crippen molar-refractivity contribution in [1.29, 1.82) is 0 Å². The van der Waals surface area contributed by atoms with Crippen LogP contribution in [0.4, 0.5) is 0 Å². The summed E-state index contributed by atoms with van der Waals surface area (Å²) in [7, 11) is 0. The Hall–Kier alpha value is -2.21. The zero-order valence-corrected chi connectivity index (χ0v) is 19.2. The minimum absolute atomic E-state index is 0.0133. The molecule has 0 amide bonds. The molecule has 3 aliphatic heterocycles. The standard InChI is InChI=1S/C23H28ClN3O7/c24-12-5-6-15-13(11-12)21(25-14-3-1-2-4-16(14)33-15)26-7-9-27(10-8-26)22-19(30)17(28)18(29)20(34-22)23(31)32/h1-2,5-6,11,14,16-20,22,28-30H,3-4,7-10H2,(H,31,32)/t14-,16-,17+,18+,19-,20+,22-/m1/s1. The van der Waals surface area contributed by atoms with Gasteiger partial charge in [-0.15, -0.1) is 0 Å². The van der Waals surface area contributed by atoms with Crippen LogP contribution in [-0.4, -0.2) is 111 Å². The van der Waals surface area contributed by atoms with E-state index in [4.69, 9.17) is 26.1 Å². The van der Waals surface area contributed by atoms with Gasteiger partial charge in [0.05, 0.1) is 11.6 Å². The lowest BCUT2D eigenvalue weighted by molar-refractivity contribution is -0.261. The van der Waals surface area contributed by atoms with E-state index in [2.05, 4.69) is 17.1 Å². The summed E-state index contributed by atoms with van der Waals surface area (Å²) in [5.41, 5.74) is 0.828. The van der Waals surface area contributed by atoms with E-state index in [1.54, 1.807) is 11.0 Å². The second-order valence-corrected chi connectivity index (χ2v) is 9.48. The molecule has 184 valence electrons. The van der Waals surface area contributed by atoms with E-state index in [1.165, 1.54) is 0 Å². The van der Waals surface area contributed by atoms with Crippen LogP contribution in [0.25, 0.3) is 0 Å². The van der Waals surface area contributed by atoms with Crippen LogP contribution in [0.2, 0.25) is 5.02 Å². The van der Waals surface area contributed by atoms with Gasteiger partial charge < -0.3 is 34.8 Å². The largest absolute Gasteiger partial charge is 0.487 e. The van der Waals surface area contributed by atoms with E-state index in [9.17, 15) is 25.2 Å². The number of aliphatic hydroxyl groups is 3. The van der Waals surface area contributed by atoms with E-state index in [0.29, 0.717) is 31.2 Å². The van der Waals surface area contributed by atoms with Crippen LogP contribution in [0, 0.1) is 0 Å². The zero-order chi connectivity index (χ0) is 24.0. The third-order valence-electron chi connectivity index (χ3n) is 6.90. The first-order chi connectivity index (χ1) is 16.3. The van der Waals surface area contributed by atoms with Gasteiger partial charge in [0.15, 0.2) is 6.10 Å². The van der Waals surface area contributed by atoms with Gasteiger partial charge in [0.2, 0.25) is 0 Å². The fourth-order valence-corrected chi connectivity index (χ4v) is 5.19. The third-order valence-corrected chi connectivity index (χ3v) is 7.13. The van der Waals surface area contributed by atoms with Crippen LogP contribution >= 0.6 is 11.6 Å². The number of piperazine rings is 1. The number of rotatable bonds is 2. The average molecular weight is 494 g/mol. The van der Waals surface area contributed by atoms with Crippen LogP contribution in [0.3, 0.4) is 0 Å². The smallest absolute Gasteiger partial charge is 0.335 e. The number of carboxylic acid groups (broad SMARTS) is 1. The van der Waals surface area contributed by atoms with Crippen LogP contribution in [0.5, 0.6) is 5.75 Å². The number of aliphatic hydroxyl groups excluding tert-OH is 3. The van der Waals surface area contributed by atoms with E-state index >= 15 is 0 Å². The Bertz CT molecular complexity index is 997. The normalized spacial score (nSPS) is 36.1. The molecule has 1 aromatic carbocycles. The number of fused-ring (bicyclic) bond motifs is 2. The number of ether oxygens (including phenoxy) is 2. The molecule has 0 aromatic heterocycles. The van der Waals surface area contributed by atoms with Crippen molar-refractivity contribution in [1.82, 2.24) is 9.80 Å². The molecule has 1 aliphatic carbocycles. The van der Waals surface area contributed by atoms with Crippen LogP contribution in [-0.2, 0) is 9.53 Å². The summed E-state index contributed by atoms with van der Waals surface area (Å²) in [5.74, 6) is 0.143. The highest BCUT2D eigenvalue weighted by Gasteiger charge is 2.49. The highest BCUT2D eigenvalue weighted by atomic mass is 35.5. The van der Waals surface area contributed by atoms with Crippen LogP contribution in [0.1, 0.15) is 18.4 Å². The molecule has 4 N–H and O–H groups in total. The molecule has 2 fully saturated rings. The van der Waals surface area contributed by atoms with E-state index < -0.39 is 36.6 Å². The third kappa shape index (κ3) is 4.30. The quantitative estimate of drug-likeness (QED) is 0.422. The summed E-state index contributed by atoms with van der Waals surface area (Å²) >= 11 is 6.31. The van der Waals surface area contributed by atoms with Gasteiger partial charge in [-0.3, -0.25) is 9.89 Å². The lowest BCUT2D eigenvalue weighted by atomic mass is 9.97. The summed E-state index contributed by atoms with van der Waals surface area (Å²) < 4.78 is 11.8. The number of nitrogens with zero attached hydrogens (tertiary/aromatic N) is 3. The molecule has 1 aromatic rings. The van der Waals surface area contributed by atoms with Crippen molar-refractivity contribution in [3.63, 3.8) is 0 Å². The number of halogens is 1.